The molecule has 0 aliphatic carbocycles. The summed E-state index contributed by atoms with van der Waals surface area (Å²) in [6.45, 7) is 3.50. The fourth-order valence-electron chi connectivity index (χ4n) is 2.21. The van der Waals surface area contributed by atoms with E-state index in [0.29, 0.717) is 5.56 Å². The quantitative estimate of drug-likeness (QED) is 0.658. The number of non-ortho nitro benzene ring substituents is 1. The minimum Gasteiger partial charge on any atom is -0.348 e. The molecule has 2 rings (SSSR count). The van der Waals surface area contributed by atoms with E-state index in [9.17, 15) is 14.9 Å². The zero-order valence-corrected chi connectivity index (χ0v) is 12.0. The van der Waals surface area contributed by atoms with Gasteiger partial charge in [0.25, 0.3) is 11.6 Å². The van der Waals surface area contributed by atoms with Gasteiger partial charge in [0.2, 0.25) is 0 Å². The molecule has 0 aromatic heterocycles. The summed E-state index contributed by atoms with van der Waals surface area (Å²) in [5, 5.41) is 16.9. The van der Waals surface area contributed by atoms with E-state index in [0.717, 1.165) is 31.5 Å². The van der Waals surface area contributed by atoms with Crippen molar-refractivity contribution in [1.29, 1.82) is 0 Å². The topological polar surface area (TPSA) is 84.3 Å². The van der Waals surface area contributed by atoms with Gasteiger partial charge in [-0.05, 0) is 31.9 Å². The second-order valence-electron chi connectivity index (χ2n) is 4.77. The third kappa shape index (κ3) is 3.91. The van der Waals surface area contributed by atoms with E-state index in [2.05, 4.69) is 10.6 Å². The number of amides is 1. The molecule has 1 amide bonds. The maximum absolute atomic E-state index is 12.1. The van der Waals surface area contributed by atoms with Gasteiger partial charge in [-0.3, -0.25) is 14.9 Å². The highest BCUT2D eigenvalue weighted by atomic mass is 35.5. The molecule has 1 aliphatic heterocycles. The van der Waals surface area contributed by atoms with Crippen molar-refractivity contribution in [3.63, 3.8) is 0 Å². The number of carbonyl (C=O) groups is 1. The molecule has 1 fully saturated rings. The standard InChI is InChI=1S/C13H17N3O3.ClH/c1-9-4-5-11(16(18)19)7-12(9)13(17)15-10-3-2-6-14-8-10;/h4-5,7,10,14H,2-3,6,8H2,1H3,(H,15,17);1H. The summed E-state index contributed by atoms with van der Waals surface area (Å²) in [6.07, 6.45) is 1.96. The maximum atomic E-state index is 12.1. The summed E-state index contributed by atoms with van der Waals surface area (Å²) >= 11 is 0. The summed E-state index contributed by atoms with van der Waals surface area (Å²) in [4.78, 5) is 22.4. The van der Waals surface area contributed by atoms with E-state index < -0.39 is 4.92 Å². The fraction of sp³-hybridized carbons (Fsp3) is 0.462. The molecule has 0 spiro atoms. The Morgan fingerprint density at radius 2 is 2.25 bits per heavy atom. The molecule has 0 radical (unpaired) electrons. The molecule has 1 saturated heterocycles. The van der Waals surface area contributed by atoms with Gasteiger partial charge in [0.15, 0.2) is 0 Å². The highest BCUT2D eigenvalue weighted by molar-refractivity contribution is 5.96. The number of hydrogen-bond donors (Lipinski definition) is 2. The van der Waals surface area contributed by atoms with Gasteiger partial charge in [-0.25, -0.2) is 0 Å². The van der Waals surface area contributed by atoms with E-state index in [1.165, 1.54) is 12.1 Å². The monoisotopic (exact) mass is 299 g/mol. The van der Waals surface area contributed by atoms with Crippen LogP contribution in [0, 0.1) is 17.0 Å². The van der Waals surface area contributed by atoms with Crippen molar-refractivity contribution in [3.05, 3.63) is 39.4 Å². The lowest BCUT2D eigenvalue weighted by Gasteiger charge is -2.24. The van der Waals surface area contributed by atoms with Crippen molar-refractivity contribution >= 4 is 24.0 Å². The third-order valence-corrected chi connectivity index (χ3v) is 3.31. The number of carbonyl (C=O) groups excluding carboxylic acids is 1. The van der Waals surface area contributed by atoms with Crippen LogP contribution in [0.2, 0.25) is 0 Å². The van der Waals surface area contributed by atoms with Crippen molar-refractivity contribution in [2.75, 3.05) is 13.1 Å². The molecule has 0 saturated carbocycles. The van der Waals surface area contributed by atoms with Crippen molar-refractivity contribution < 1.29 is 9.72 Å². The van der Waals surface area contributed by atoms with Gasteiger partial charge in [0.1, 0.15) is 0 Å². The second-order valence-corrected chi connectivity index (χ2v) is 4.77. The molecule has 110 valence electrons. The van der Waals surface area contributed by atoms with Crippen molar-refractivity contribution in [3.8, 4) is 0 Å². The van der Waals surface area contributed by atoms with E-state index >= 15 is 0 Å². The molecule has 20 heavy (non-hydrogen) atoms. The molecule has 1 aromatic carbocycles. The van der Waals surface area contributed by atoms with Gasteiger partial charge in [-0.1, -0.05) is 6.07 Å². The average Bonchev–Trinajstić information content (AvgIpc) is 2.40. The zero-order valence-electron chi connectivity index (χ0n) is 11.2. The predicted octanol–water partition coefficient (Wildman–Crippen LogP) is 1.81. The summed E-state index contributed by atoms with van der Waals surface area (Å²) in [5.74, 6) is -0.241. The number of piperidine rings is 1. The van der Waals surface area contributed by atoms with Gasteiger partial charge in [-0.15, -0.1) is 12.4 Å². The van der Waals surface area contributed by atoms with Crippen LogP contribution in [0.15, 0.2) is 18.2 Å². The number of nitro groups is 1. The Hall–Kier alpha value is -1.66. The van der Waals surface area contributed by atoms with Gasteiger partial charge in [0, 0.05) is 30.3 Å². The second kappa shape index (κ2) is 7.21. The number of nitrogens with zero attached hydrogens (tertiary/aromatic N) is 1. The number of nitrogens with one attached hydrogen (secondary N) is 2. The van der Waals surface area contributed by atoms with Crippen LogP contribution < -0.4 is 10.6 Å². The van der Waals surface area contributed by atoms with E-state index in [-0.39, 0.29) is 30.0 Å². The van der Waals surface area contributed by atoms with Crippen LogP contribution in [0.5, 0.6) is 0 Å². The third-order valence-electron chi connectivity index (χ3n) is 3.31. The Labute approximate surface area is 123 Å². The average molecular weight is 300 g/mol. The molecular weight excluding hydrogens is 282 g/mol. The number of benzene rings is 1. The van der Waals surface area contributed by atoms with Crippen molar-refractivity contribution in [1.82, 2.24) is 10.6 Å². The molecule has 1 heterocycles. The first-order valence-electron chi connectivity index (χ1n) is 6.34. The van der Waals surface area contributed by atoms with Crippen LogP contribution >= 0.6 is 12.4 Å². The Balaban J connectivity index is 0.00000200. The Morgan fingerprint density at radius 3 is 2.85 bits per heavy atom. The van der Waals surface area contributed by atoms with Crippen LogP contribution in [-0.4, -0.2) is 30.0 Å². The Kier molecular flexibility index (Phi) is 5.91. The van der Waals surface area contributed by atoms with E-state index in [4.69, 9.17) is 0 Å². The summed E-state index contributed by atoms with van der Waals surface area (Å²) in [6, 6.07) is 4.45. The number of rotatable bonds is 3. The van der Waals surface area contributed by atoms with Crippen LogP contribution in [0.25, 0.3) is 0 Å². The lowest BCUT2D eigenvalue weighted by atomic mass is 10.0. The summed E-state index contributed by atoms with van der Waals surface area (Å²) in [5.41, 5.74) is 1.06. The molecule has 1 unspecified atom stereocenters. The van der Waals surface area contributed by atoms with Crippen LogP contribution in [0.4, 0.5) is 5.69 Å². The lowest BCUT2D eigenvalue weighted by Crippen LogP contribution is -2.45. The first kappa shape index (κ1) is 16.4. The largest absolute Gasteiger partial charge is 0.348 e. The fourth-order valence-corrected chi connectivity index (χ4v) is 2.21. The molecule has 2 N–H and O–H groups in total. The number of hydrogen-bond acceptors (Lipinski definition) is 4. The van der Waals surface area contributed by atoms with E-state index in [1.54, 1.807) is 13.0 Å². The summed E-state index contributed by atoms with van der Waals surface area (Å²) < 4.78 is 0. The highest BCUT2D eigenvalue weighted by Gasteiger charge is 2.19. The first-order chi connectivity index (χ1) is 9.08. The van der Waals surface area contributed by atoms with Crippen molar-refractivity contribution in [2.45, 2.75) is 25.8 Å². The van der Waals surface area contributed by atoms with Gasteiger partial charge in [0.05, 0.1) is 4.92 Å². The van der Waals surface area contributed by atoms with Crippen LogP contribution in [-0.2, 0) is 0 Å². The van der Waals surface area contributed by atoms with Gasteiger partial charge < -0.3 is 10.6 Å². The van der Waals surface area contributed by atoms with Crippen molar-refractivity contribution in [2.24, 2.45) is 0 Å². The van der Waals surface area contributed by atoms with E-state index in [1.807, 2.05) is 0 Å². The molecule has 1 aromatic rings. The van der Waals surface area contributed by atoms with Gasteiger partial charge in [-0.2, -0.15) is 0 Å². The van der Waals surface area contributed by atoms with Crippen LogP contribution in [0.3, 0.4) is 0 Å². The number of halogens is 1. The number of nitro benzene ring substituents is 1. The predicted molar refractivity (Wildman–Crippen MR) is 78.4 cm³/mol. The smallest absolute Gasteiger partial charge is 0.270 e. The lowest BCUT2D eigenvalue weighted by molar-refractivity contribution is -0.384. The summed E-state index contributed by atoms with van der Waals surface area (Å²) in [7, 11) is 0. The molecule has 0 bridgehead atoms. The number of aryl methyl sites for hydroxylation is 1. The SMILES string of the molecule is Cc1ccc([N+](=O)[O-])cc1C(=O)NC1CCCNC1.Cl. The minimum absolute atomic E-state index is 0. The molecule has 1 atom stereocenters. The Bertz CT molecular complexity index is 502. The first-order valence-corrected chi connectivity index (χ1v) is 6.34. The highest BCUT2D eigenvalue weighted by Crippen LogP contribution is 2.17. The normalized spacial score (nSPS) is 17.9. The minimum atomic E-state index is -0.488. The van der Waals surface area contributed by atoms with Crippen LogP contribution in [0.1, 0.15) is 28.8 Å². The molecule has 6 nitrogen and oxygen atoms in total. The maximum Gasteiger partial charge on any atom is 0.270 e. The molecule has 7 heteroatoms. The Morgan fingerprint density at radius 1 is 1.50 bits per heavy atom. The molecular formula is C13H18ClN3O3. The molecule has 1 aliphatic rings. The van der Waals surface area contributed by atoms with Gasteiger partial charge >= 0.3 is 0 Å². The zero-order chi connectivity index (χ0) is 13.8.